The Morgan fingerprint density at radius 2 is 1.55 bits per heavy atom. The van der Waals surface area contributed by atoms with E-state index in [1.165, 1.54) is 0 Å². The molecule has 2 aromatic carbocycles. The Hall–Kier alpha value is -3.06. The van der Waals surface area contributed by atoms with Crippen LogP contribution >= 0.6 is 11.6 Å². The summed E-state index contributed by atoms with van der Waals surface area (Å²) in [7, 11) is 0. The average Bonchev–Trinajstić information content (AvgIpc) is 2.79. The molecule has 0 aliphatic carbocycles. The topological polar surface area (TPSA) is 86.2 Å². The number of hydrogen-bond donors (Lipinski definition) is 1. The quantitative estimate of drug-likeness (QED) is 0.209. The number of carbonyl (C=O) groups excluding carboxylic acids is 2. The van der Waals surface area contributed by atoms with E-state index in [2.05, 4.69) is 10.5 Å². The van der Waals surface area contributed by atoms with Crippen LogP contribution in [0.2, 0.25) is 0 Å². The second-order valence-electron chi connectivity index (χ2n) is 8.38. The van der Waals surface area contributed by atoms with Crippen LogP contribution in [0.4, 0.5) is 4.79 Å². The lowest BCUT2D eigenvalue weighted by Gasteiger charge is -2.23. The van der Waals surface area contributed by atoms with E-state index in [1.807, 2.05) is 60.7 Å². The van der Waals surface area contributed by atoms with E-state index in [0.717, 1.165) is 11.1 Å². The lowest BCUT2D eigenvalue weighted by atomic mass is 10.1. The summed E-state index contributed by atoms with van der Waals surface area (Å²) in [5, 5.41) is 6.69. The summed E-state index contributed by atoms with van der Waals surface area (Å²) in [6, 6.07) is 18.0. The number of amides is 1. The molecule has 2 aromatic rings. The van der Waals surface area contributed by atoms with Gasteiger partial charge < -0.3 is 19.6 Å². The van der Waals surface area contributed by atoms with Crippen molar-refractivity contribution in [3.63, 3.8) is 0 Å². The normalized spacial score (nSPS) is 12.5. The maximum Gasteiger partial charge on any atom is 0.408 e. The van der Waals surface area contributed by atoms with Crippen molar-refractivity contribution in [2.24, 2.45) is 5.16 Å². The van der Waals surface area contributed by atoms with Gasteiger partial charge in [0.15, 0.2) is 0 Å². The fraction of sp³-hybridized carbons (Fsp3) is 0.400. The molecule has 0 bridgehead atoms. The highest BCUT2D eigenvalue weighted by Crippen LogP contribution is 2.11. The second-order valence-corrected chi connectivity index (χ2v) is 8.65. The van der Waals surface area contributed by atoms with Crippen molar-refractivity contribution in [3.05, 3.63) is 71.8 Å². The number of benzene rings is 2. The smallest absolute Gasteiger partial charge is 0.408 e. The number of esters is 1. The van der Waals surface area contributed by atoms with Gasteiger partial charge in [-0.25, -0.2) is 9.59 Å². The highest BCUT2D eigenvalue weighted by atomic mass is 35.5. The minimum atomic E-state index is -0.925. The maximum absolute atomic E-state index is 12.7. The number of halogens is 1. The van der Waals surface area contributed by atoms with Gasteiger partial charge in [-0.2, -0.15) is 0 Å². The second kappa shape index (κ2) is 13.5. The number of alkyl carbamates (subject to hydrolysis) is 1. The van der Waals surface area contributed by atoms with Crippen molar-refractivity contribution in [2.75, 3.05) is 5.88 Å². The van der Waals surface area contributed by atoms with E-state index in [1.54, 1.807) is 20.8 Å². The minimum Gasteiger partial charge on any atom is -0.459 e. The first-order valence-electron chi connectivity index (χ1n) is 10.7. The van der Waals surface area contributed by atoms with Crippen LogP contribution < -0.4 is 5.32 Å². The molecule has 0 aliphatic rings. The third kappa shape index (κ3) is 10.9. The highest BCUT2D eigenvalue weighted by molar-refractivity contribution is 6.28. The summed E-state index contributed by atoms with van der Waals surface area (Å²) in [6.45, 7) is 5.65. The third-order valence-corrected chi connectivity index (χ3v) is 4.65. The van der Waals surface area contributed by atoms with Crippen LogP contribution in [-0.2, 0) is 32.3 Å². The van der Waals surface area contributed by atoms with Crippen LogP contribution in [-0.4, -0.2) is 35.3 Å². The Morgan fingerprint density at radius 3 is 2.09 bits per heavy atom. The number of hydrogen-bond acceptors (Lipinski definition) is 6. The molecule has 33 heavy (non-hydrogen) atoms. The number of rotatable bonds is 11. The third-order valence-electron chi connectivity index (χ3n) is 4.34. The number of oxime groups is 1. The Kier molecular flexibility index (Phi) is 10.7. The number of alkyl halides is 1. The van der Waals surface area contributed by atoms with E-state index < -0.39 is 23.7 Å². The van der Waals surface area contributed by atoms with Crippen LogP contribution in [0.15, 0.2) is 65.8 Å². The van der Waals surface area contributed by atoms with Gasteiger partial charge in [-0.3, -0.25) is 0 Å². The van der Waals surface area contributed by atoms with Gasteiger partial charge in [0.05, 0.1) is 11.6 Å². The summed E-state index contributed by atoms with van der Waals surface area (Å²) in [4.78, 5) is 30.4. The molecule has 2 rings (SSSR count). The van der Waals surface area contributed by atoms with Crippen LogP contribution in [0.5, 0.6) is 0 Å². The molecule has 1 N–H and O–H groups in total. The molecule has 0 heterocycles. The average molecular weight is 475 g/mol. The zero-order valence-electron chi connectivity index (χ0n) is 19.3. The first kappa shape index (κ1) is 26.2. The maximum atomic E-state index is 12.7. The monoisotopic (exact) mass is 474 g/mol. The summed E-state index contributed by atoms with van der Waals surface area (Å²) in [5.74, 6) is -0.434. The molecule has 0 saturated carbocycles. The van der Waals surface area contributed by atoms with Crippen molar-refractivity contribution in [1.29, 1.82) is 0 Å². The lowest BCUT2D eigenvalue weighted by Crippen LogP contribution is -2.44. The summed E-state index contributed by atoms with van der Waals surface area (Å²) in [5.41, 5.74) is 1.68. The number of nitrogens with zero attached hydrogens (tertiary/aromatic N) is 1. The molecule has 1 atom stereocenters. The Bertz CT molecular complexity index is 898. The summed E-state index contributed by atoms with van der Waals surface area (Å²) >= 11 is 6.01. The van der Waals surface area contributed by atoms with E-state index >= 15 is 0 Å². The first-order valence-corrected chi connectivity index (χ1v) is 11.3. The summed E-state index contributed by atoms with van der Waals surface area (Å²) < 4.78 is 10.7. The van der Waals surface area contributed by atoms with Gasteiger partial charge in [-0.05, 0) is 44.7 Å². The largest absolute Gasteiger partial charge is 0.459 e. The van der Waals surface area contributed by atoms with E-state index in [9.17, 15) is 9.59 Å². The van der Waals surface area contributed by atoms with E-state index in [0.29, 0.717) is 18.7 Å². The van der Waals surface area contributed by atoms with Gasteiger partial charge in [0.2, 0.25) is 0 Å². The van der Waals surface area contributed by atoms with Gasteiger partial charge in [0.25, 0.3) is 0 Å². The molecule has 0 saturated heterocycles. The number of carbonyl (C=O) groups is 2. The van der Waals surface area contributed by atoms with Crippen molar-refractivity contribution >= 4 is 29.4 Å². The molecule has 0 aromatic heterocycles. The highest BCUT2D eigenvalue weighted by Gasteiger charge is 2.26. The van der Waals surface area contributed by atoms with Gasteiger partial charge >= 0.3 is 12.1 Å². The summed E-state index contributed by atoms with van der Waals surface area (Å²) in [6.07, 6.45) is -0.138. The molecule has 1 amide bonds. The van der Waals surface area contributed by atoms with Crippen LogP contribution in [0.1, 0.15) is 44.7 Å². The van der Waals surface area contributed by atoms with E-state index in [4.69, 9.17) is 25.9 Å². The first-order chi connectivity index (χ1) is 15.8. The van der Waals surface area contributed by atoms with E-state index in [-0.39, 0.29) is 18.9 Å². The van der Waals surface area contributed by atoms with Crippen molar-refractivity contribution in [2.45, 2.75) is 58.5 Å². The van der Waals surface area contributed by atoms with Gasteiger partial charge in [0.1, 0.15) is 24.9 Å². The molecule has 0 fully saturated rings. The zero-order valence-corrected chi connectivity index (χ0v) is 20.0. The SMILES string of the molecule is CC(C)(C)OC(=O)N[C@@H](CCC(CCl)=NOCc1ccccc1)C(=O)OCc1ccccc1. The van der Waals surface area contributed by atoms with Gasteiger partial charge in [0, 0.05) is 0 Å². The predicted molar refractivity (Wildman–Crippen MR) is 128 cm³/mol. The van der Waals surface area contributed by atoms with Crippen LogP contribution in [0, 0.1) is 0 Å². The Balaban J connectivity index is 1.97. The van der Waals surface area contributed by atoms with Crippen molar-refractivity contribution in [1.82, 2.24) is 5.32 Å². The number of ether oxygens (including phenoxy) is 2. The van der Waals surface area contributed by atoms with Crippen LogP contribution in [0.3, 0.4) is 0 Å². The Morgan fingerprint density at radius 1 is 0.970 bits per heavy atom. The van der Waals surface area contributed by atoms with Crippen LogP contribution in [0.25, 0.3) is 0 Å². The molecule has 8 heteroatoms. The molecule has 7 nitrogen and oxygen atoms in total. The fourth-order valence-electron chi connectivity index (χ4n) is 2.75. The Labute approximate surface area is 200 Å². The van der Waals surface area contributed by atoms with Gasteiger partial charge in [-0.1, -0.05) is 65.8 Å². The molecule has 178 valence electrons. The molecule has 0 aliphatic heterocycles. The zero-order chi connectivity index (χ0) is 24.1. The molecular weight excluding hydrogens is 444 g/mol. The fourth-order valence-corrected chi connectivity index (χ4v) is 2.93. The molecule has 0 spiro atoms. The van der Waals surface area contributed by atoms with Crippen molar-refractivity contribution in [3.8, 4) is 0 Å². The minimum absolute atomic E-state index is 0.100. The molecular formula is C25H31ClN2O5. The molecule has 0 radical (unpaired) electrons. The van der Waals surface area contributed by atoms with Crippen molar-refractivity contribution < 1.29 is 23.9 Å². The van der Waals surface area contributed by atoms with Gasteiger partial charge in [-0.15, -0.1) is 11.6 Å². The lowest BCUT2D eigenvalue weighted by molar-refractivity contribution is -0.147. The number of nitrogens with one attached hydrogen (secondary N) is 1. The predicted octanol–water partition coefficient (Wildman–Crippen LogP) is 5.21. The molecule has 0 unspecified atom stereocenters. The standard InChI is InChI=1S/C25H31ClN2O5/c1-25(2,3)33-24(30)27-22(23(29)31-17-19-10-6-4-7-11-19)15-14-21(16-26)28-32-18-20-12-8-5-9-13-20/h4-13,22H,14-18H2,1-3H3,(H,27,30)/t22-/m0/s1.